The molecule has 1 heterocycles. The van der Waals surface area contributed by atoms with Gasteiger partial charge >= 0.3 is 0 Å². The van der Waals surface area contributed by atoms with Gasteiger partial charge in [-0.2, -0.15) is 0 Å². The molecule has 0 spiro atoms. The van der Waals surface area contributed by atoms with Gasteiger partial charge in [0.25, 0.3) is 5.91 Å². The lowest BCUT2D eigenvalue weighted by Gasteiger charge is -2.30. The van der Waals surface area contributed by atoms with Gasteiger partial charge in [-0.3, -0.25) is 9.59 Å². The first-order valence-electron chi connectivity index (χ1n) is 12.3. The summed E-state index contributed by atoms with van der Waals surface area (Å²) in [6, 6.07) is 10.6. The van der Waals surface area contributed by atoms with E-state index in [1.807, 2.05) is 12.1 Å². The van der Waals surface area contributed by atoms with Gasteiger partial charge in [-0.1, -0.05) is 48.5 Å². The number of carbonyl (C=O) groups is 2. The molecule has 3 atom stereocenters. The Morgan fingerprint density at radius 2 is 1.77 bits per heavy atom. The highest BCUT2D eigenvalue weighted by atomic mass is 35.5. The summed E-state index contributed by atoms with van der Waals surface area (Å²) in [5, 5.41) is 4.07. The molecule has 5 nitrogen and oxygen atoms in total. The van der Waals surface area contributed by atoms with Crippen LogP contribution in [-0.4, -0.2) is 49.1 Å². The lowest BCUT2D eigenvalue weighted by Crippen LogP contribution is -2.51. The third-order valence-corrected chi connectivity index (χ3v) is 7.63. The van der Waals surface area contributed by atoms with Crippen molar-refractivity contribution in [1.29, 1.82) is 0 Å². The molecule has 1 N–H and O–H groups in total. The molecule has 2 aliphatic rings. The molecule has 2 amide bonds. The van der Waals surface area contributed by atoms with E-state index in [4.69, 9.17) is 27.9 Å². The van der Waals surface area contributed by atoms with Gasteiger partial charge in [0.1, 0.15) is 11.9 Å². The summed E-state index contributed by atoms with van der Waals surface area (Å²) in [4.78, 5) is 27.6. The van der Waals surface area contributed by atoms with E-state index in [9.17, 15) is 14.0 Å². The summed E-state index contributed by atoms with van der Waals surface area (Å²) in [6.07, 6.45) is 5.79. The van der Waals surface area contributed by atoms with Gasteiger partial charge in [0, 0.05) is 18.7 Å². The predicted octanol–water partition coefficient (Wildman–Crippen LogP) is 5.84. The fourth-order valence-electron chi connectivity index (χ4n) is 4.75. The van der Waals surface area contributed by atoms with Crippen LogP contribution in [0.1, 0.15) is 60.4 Å². The van der Waals surface area contributed by atoms with Crippen molar-refractivity contribution < 1.29 is 18.7 Å². The number of carbonyl (C=O) groups excluding carboxylic acids is 2. The molecule has 0 radical (unpaired) electrons. The molecule has 2 fully saturated rings. The minimum atomic E-state index is -0.601. The van der Waals surface area contributed by atoms with Gasteiger partial charge in [-0.25, -0.2) is 4.39 Å². The van der Waals surface area contributed by atoms with Crippen LogP contribution in [0.5, 0.6) is 0 Å². The Labute approximate surface area is 215 Å². The van der Waals surface area contributed by atoms with Gasteiger partial charge in [0.15, 0.2) is 0 Å². The summed E-state index contributed by atoms with van der Waals surface area (Å²) in [5.41, 5.74) is 1.59. The fraction of sp³-hybridized carbons (Fsp3) is 0.481. The Hall–Kier alpha value is -2.15. The van der Waals surface area contributed by atoms with Crippen LogP contribution in [0.4, 0.5) is 4.39 Å². The lowest BCUT2D eigenvalue weighted by molar-refractivity contribution is -0.137. The number of halogens is 3. The summed E-state index contributed by atoms with van der Waals surface area (Å²) in [7, 11) is 0. The second kappa shape index (κ2) is 12.2. The maximum Gasteiger partial charge on any atom is 0.251 e. The molecule has 4 rings (SSSR count). The highest BCUT2D eigenvalue weighted by Crippen LogP contribution is 2.51. The zero-order chi connectivity index (χ0) is 24.8. The number of hydrogen-bond donors (Lipinski definition) is 1. The van der Waals surface area contributed by atoms with Crippen molar-refractivity contribution in [2.45, 2.75) is 50.5 Å². The fourth-order valence-corrected chi connectivity index (χ4v) is 5.06. The van der Waals surface area contributed by atoms with Crippen LogP contribution in [0.25, 0.3) is 0 Å². The zero-order valence-corrected chi connectivity index (χ0v) is 21.2. The number of unbranched alkanes of at least 4 members (excludes halogenated alkanes) is 2. The van der Waals surface area contributed by atoms with E-state index in [2.05, 4.69) is 11.4 Å². The largest absolute Gasteiger partial charge is 0.378 e. The monoisotopic (exact) mass is 520 g/mol. The predicted molar refractivity (Wildman–Crippen MR) is 135 cm³/mol. The molecule has 188 valence electrons. The molecule has 2 aromatic carbocycles. The van der Waals surface area contributed by atoms with Crippen molar-refractivity contribution in [2.75, 3.05) is 26.3 Å². The van der Waals surface area contributed by atoms with Gasteiger partial charge in [-0.15, -0.1) is 0 Å². The zero-order valence-electron chi connectivity index (χ0n) is 19.7. The van der Waals surface area contributed by atoms with E-state index in [0.29, 0.717) is 60.2 Å². The number of hydrogen-bond acceptors (Lipinski definition) is 3. The molecule has 1 aliphatic carbocycles. The van der Waals surface area contributed by atoms with Crippen molar-refractivity contribution in [3.05, 3.63) is 69.5 Å². The van der Waals surface area contributed by atoms with Crippen LogP contribution < -0.4 is 5.32 Å². The molecule has 0 bridgehead atoms. The van der Waals surface area contributed by atoms with Crippen LogP contribution in [-0.2, 0) is 9.53 Å². The first-order valence-corrected chi connectivity index (χ1v) is 13.1. The summed E-state index contributed by atoms with van der Waals surface area (Å²) < 4.78 is 18.6. The molecule has 1 aliphatic heterocycles. The van der Waals surface area contributed by atoms with Crippen molar-refractivity contribution in [1.82, 2.24) is 10.2 Å². The van der Waals surface area contributed by atoms with E-state index >= 15 is 0 Å². The Balaban J connectivity index is 1.25. The highest BCUT2D eigenvalue weighted by molar-refractivity contribution is 6.42. The van der Waals surface area contributed by atoms with E-state index in [-0.39, 0.29) is 11.8 Å². The summed E-state index contributed by atoms with van der Waals surface area (Å²) in [5.74, 6) is 0.371. The molecule has 1 saturated carbocycles. The topological polar surface area (TPSA) is 58.6 Å². The second-order valence-corrected chi connectivity index (χ2v) is 10.2. The SMILES string of the molecule is O=C(N[C@@H](CCCCCC1C[C@H]1c1ccc(Cl)c(Cl)c1)C(=O)N1CCOCC1)c1ccc(F)cc1. The van der Waals surface area contributed by atoms with Crippen LogP contribution in [0, 0.1) is 11.7 Å². The number of benzene rings is 2. The maximum absolute atomic E-state index is 13.2. The Bertz CT molecular complexity index is 1030. The quantitative estimate of drug-likeness (QED) is 0.400. The Morgan fingerprint density at radius 3 is 2.49 bits per heavy atom. The molecule has 8 heteroatoms. The van der Waals surface area contributed by atoms with E-state index in [1.54, 1.807) is 4.90 Å². The number of nitrogens with zero attached hydrogens (tertiary/aromatic N) is 1. The third kappa shape index (κ3) is 7.18. The summed E-state index contributed by atoms with van der Waals surface area (Å²) >= 11 is 12.2. The first kappa shape index (κ1) is 25.9. The average molecular weight is 521 g/mol. The minimum Gasteiger partial charge on any atom is -0.378 e. The molecular weight excluding hydrogens is 490 g/mol. The highest BCUT2D eigenvalue weighted by Gasteiger charge is 2.37. The second-order valence-electron chi connectivity index (χ2n) is 9.38. The van der Waals surface area contributed by atoms with Crippen molar-refractivity contribution in [2.24, 2.45) is 5.92 Å². The third-order valence-electron chi connectivity index (χ3n) is 6.89. The Kier molecular flexibility index (Phi) is 9.04. The van der Waals surface area contributed by atoms with Crippen molar-refractivity contribution in [3.8, 4) is 0 Å². The van der Waals surface area contributed by atoms with E-state index < -0.39 is 11.9 Å². The molecule has 0 aromatic heterocycles. The maximum atomic E-state index is 13.2. The van der Waals surface area contributed by atoms with Crippen molar-refractivity contribution >= 4 is 35.0 Å². The molecule has 1 unspecified atom stereocenters. The van der Waals surface area contributed by atoms with Gasteiger partial charge in [0.2, 0.25) is 5.91 Å². The lowest BCUT2D eigenvalue weighted by atomic mass is 10.0. The van der Waals surface area contributed by atoms with E-state index in [1.165, 1.54) is 36.2 Å². The average Bonchev–Trinajstić information content (AvgIpc) is 3.64. The van der Waals surface area contributed by atoms with Crippen LogP contribution in [0.15, 0.2) is 42.5 Å². The number of rotatable bonds is 10. The Morgan fingerprint density at radius 1 is 1.03 bits per heavy atom. The van der Waals surface area contributed by atoms with Crippen LogP contribution >= 0.6 is 23.2 Å². The molecule has 2 aromatic rings. The number of ether oxygens (including phenoxy) is 1. The number of nitrogens with one attached hydrogen (secondary N) is 1. The molecular formula is C27H31Cl2FN2O3. The molecule has 1 saturated heterocycles. The van der Waals surface area contributed by atoms with Gasteiger partial charge in [0.05, 0.1) is 23.3 Å². The van der Waals surface area contributed by atoms with Crippen LogP contribution in [0.3, 0.4) is 0 Å². The van der Waals surface area contributed by atoms with Crippen molar-refractivity contribution in [3.63, 3.8) is 0 Å². The normalized spacial score (nSPS) is 20.4. The summed E-state index contributed by atoms with van der Waals surface area (Å²) in [6.45, 7) is 2.07. The number of amides is 2. The smallest absolute Gasteiger partial charge is 0.251 e. The van der Waals surface area contributed by atoms with Crippen LogP contribution in [0.2, 0.25) is 10.0 Å². The minimum absolute atomic E-state index is 0.0781. The molecule has 35 heavy (non-hydrogen) atoms. The van der Waals surface area contributed by atoms with Gasteiger partial charge < -0.3 is 15.0 Å². The standard InChI is InChI=1S/C27H31Cl2FN2O3/c28-23-11-8-20(17-24(23)29)22-16-19(22)4-2-1-3-5-25(27(34)32-12-14-35-15-13-32)31-26(33)18-6-9-21(30)10-7-18/h6-11,17,19,22,25H,1-5,12-16H2,(H,31,33)/t19?,22-,25+/m1/s1. The van der Waals surface area contributed by atoms with E-state index in [0.717, 1.165) is 25.7 Å². The first-order chi connectivity index (χ1) is 16.9. The number of morpholine rings is 1. The van der Waals surface area contributed by atoms with Gasteiger partial charge in [-0.05, 0) is 73.1 Å².